The minimum absolute atomic E-state index is 0.148. The summed E-state index contributed by atoms with van der Waals surface area (Å²) in [6, 6.07) is 16.2. The second-order valence-electron chi connectivity index (χ2n) is 8.05. The molecule has 0 aliphatic carbocycles. The molecule has 0 spiro atoms. The molecule has 36 heavy (non-hydrogen) atoms. The first-order chi connectivity index (χ1) is 17.5. The maximum absolute atomic E-state index is 12.7. The molecule has 0 aliphatic rings. The number of benzene rings is 2. The van der Waals surface area contributed by atoms with Crippen molar-refractivity contribution < 1.29 is 19.0 Å². The first-order valence-corrected chi connectivity index (χ1v) is 11.2. The molecule has 0 radical (unpaired) electrons. The fourth-order valence-electron chi connectivity index (χ4n) is 3.69. The van der Waals surface area contributed by atoms with Crippen molar-refractivity contribution in [3.05, 3.63) is 83.8 Å². The number of nitrogens with one attached hydrogen (secondary N) is 2. The minimum Gasteiger partial charge on any atom is -0.497 e. The second-order valence-corrected chi connectivity index (χ2v) is 8.05. The Bertz CT molecular complexity index is 1520. The zero-order valence-electron chi connectivity index (χ0n) is 20.0. The molecule has 0 saturated carbocycles. The van der Waals surface area contributed by atoms with Crippen molar-refractivity contribution >= 4 is 17.5 Å². The van der Waals surface area contributed by atoms with Gasteiger partial charge in [0, 0.05) is 24.0 Å². The zero-order chi connectivity index (χ0) is 25.1. The molecule has 3 aromatic heterocycles. The van der Waals surface area contributed by atoms with Crippen molar-refractivity contribution in [1.82, 2.24) is 24.6 Å². The quantitative estimate of drug-likeness (QED) is 0.338. The molecular weight excluding hydrogens is 460 g/mol. The number of aromatic amines is 1. The van der Waals surface area contributed by atoms with E-state index in [1.54, 1.807) is 56.7 Å². The highest BCUT2D eigenvalue weighted by atomic mass is 16.5. The third kappa shape index (κ3) is 4.83. The van der Waals surface area contributed by atoms with Gasteiger partial charge in [-0.3, -0.25) is 15.2 Å². The summed E-state index contributed by atoms with van der Waals surface area (Å²) >= 11 is 0. The van der Waals surface area contributed by atoms with Gasteiger partial charge in [-0.1, -0.05) is 6.07 Å². The van der Waals surface area contributed by atoms with Gasteiger partial charge in [0.05, 0.1) is 25.5 Å². The highest BCUT2D eigenvalue weighted by molar-refractivity contribution is 6.03. The largest absolute Gasteiger partial charge is 0.497 e. The maximum Gasteiger partial charge on any atom is 0.258 e. The van der Waals surface area contributed by atoms with E-state index < -0.39 is 0 Å². The molecule has 5 rings (SSSR count). The summed E-state index contributed by atoms with van der Waals surface area (Å²) in [4.78, 5) is 21.6. The van der Waals surface area contributed by atoms with Gasteiger partial charge in [0.1, 0.15) is 29.5 Å². The summed E-state index contributed by atoms with van der Waals surface area (Å²) in [6.45, 7) is 2.35. The van der Waals surface area contributed by atoms with E-state index in [9.17, 15) is 4.79 Å². The molecule has 0 aliphatic heterocycles. The van der Waals surface area contributed by atoms with Gasteiger partial charge in [-0.2, -0.15) is 4.98 Å². The van der Waals surface area contributed by atoms with Crippen LogP contribution in [0.3, 0.4) is 0 Å². The first kappa shape index (κ1) is 22.9. The smallest absolute Gasteiger partial charge is 0.258 e. The van der Waals surface area contributed by atoms with Crippen LogP contribution in [0.5, 0.6) is 17.2 Å². The monoisotopic (exact) mass is 484 g/mol. The number of rotatable bonds is 8. The maximum atomic E-state index is 12.7. The number of imidazole rings is 1. The van der Waals surface area contributed by atoms with Crippen LogP contribution in [-0.4, -0.2) is 44.7 Å². The van der Waals surface area contributed by atoms with Crippen LogP contribution in [0.2, 0.25) is 0 Å². The standard InChI is InChI=1S/C26H24N6O4/c1-16-4-11-23-27-18(14-32(23)13-16)15-36-19-7-5-17(6-8-19)25(33)29-26-28-24(30-31-26)21-10-9-20(34-2)12-22(21)35-3/h4-14H,15H2,1-3H3,(H2,28,29,30,31,33). The van der Waals surface area contributed by atoms with Crippen LogP contribution in [0, 0.1) is 6.92 Å². The number of hydrogen-bond donors (Lipinski definition) is 2. The van der Waals surface area contributed by atoms with Crippen LogP contribution in [0.1, 0.15) is 21.6 Å². The summed E-state index contributed by atoms with van der Waals surface area (Å²) < 4.78 is 18.4. The lowest BCUT2D eigenvalue weighted by molar-refractivity contribution is 0.102. The van der Waals surface area contributed by atoms with Gasteiger partial charge < -0.3 is 18.6 Å². The van der Waals surface area contributed by atoms with E-state index in [0.29, 0.717) is 40.8 Å². The van der Waals surface area contributed by atoms with Crippen molar-refractivity contribution in [2.45, 2.75) is 13.5 Å². The Balaban J connectivity index is 1.21. The SMILES string of the molecule is COc1ccc(-c2nc(NC(=O)c3ccc(OCc4cn5cc(C)ccc5n4)cc3)n[nH]2)c(OC)c1. The van der Waals surface area contributed by atoms with Gasteiger partial charge in [0.25, 0.3) is 5.91 Å². The van der Waals surface area contributed by atoms with Crippen molar-refractivity contribution in [2.24, 2.45) is 0 Å². The summed E-state index contributed by atoms with van der Waals surface area (Å²) in [5, 5.41) is 9.61. The number of nitrogens with zero attached hydrogens (tertiary/aromatic N) is 4. The number of hydrogen-bond acceptors (Lipinski definition) is 7. The molecule has 0 atom stereocenters. The number of methoxy groups -OCH3 is 2. The fraction of sp³-hybridized carbons (Fsp3) is 0.154. The molecule has 2 aromatic carbocycles. The van der Waals surface area contributed by atoms with E-state index in [1.165, 1.54) is 0 Å². The molecule has 0 saturated heterocycles. The summed E-state index contributed by atoms with van der Waals surface area (Å²) in [7, 11) is 3.14. The summed E-state index contributed by atoms with van der Waals surface area (Å²) in [5.74, 6) is 2.12. The van der Waals surface area contributed by atoms with Gasteiger partial charge in [0.2, 0.25) is 5.95 Å². The third-order valence-corrected chi connectivity index (χ3v) is 5.53. The second kappa shape index (κ2) is 9.79. The number of anilines is 1. The predicted octanol–water partition coefficient (Wildman–Crippen LogP) is 4.28. The number of amides is 1. The minimum atomic E-state index is -0.343. The third-order valence-electron chi connectivity index (χ3n) is 5.53. The number of aromatic nitrogens is 5. The van der Waals surface area contributed by atoms with Gasteiger partial charge in [-0.15, -0.1) is 5.10 Å². The molecule has 3 heterocycles. The Morgan fingerprint density at radius 1 is 0.972 bits per heavy atom. The van der Waals surface area contributed by atoms with Crippen molar-refractivity contribution in [3.8, 4) is 28.6 Å². The van der Waals surface area contributed by atoms with Crippen LogP contribution < -0.4 is 19.5 Å². The summed E-state index contributed by atoms with van der Waals surface area (Å²) in [6.07, 6.45) is 3.96. The van der Waals surface area contributed by atoms with E-state index in [-0.39, 0.29) is 11.9 Å². The van der Waals surface area contributed by atoms with Gasteiger partial charge >= 0.3 is 0 Å². The molecule has 2 N–H and O–H groups in total. The summed E-state index contributed by atoms with van der Waals surface area (Å²) in [5.41, 5.74) is 3.97. The van der Waals surface area contributed by atoms with E-state index in [4.69, 9.17) is 14.2 Å². The molecule has 10 nitrogen and oxygen atoms in total. The van der Waals surface area contributed by atoms with E-state index in [0.717, 1.165) is 16.9 Å². The van der Waals surface area contributed by atoms with E-state index >= 15 is 0 Å². The molecule has 0 unspecified atom stereocenters. The molecule has 10 heteroatoms. The van der Waals surface area contributed by atoms with Crippen LogP contribution in [0.25, 0.3) is 17.0 Å². The van der Waals surface area contributed by atoms with Crippen LogP contribution in [0.4, 0.5) is 5.95 Å². The number of H-pyrrole nitrogens is 1. The Morgan fingerprint density at radius 2 is 1.78 bits per heavy atom. The zero-order valence-corrected chi connectivity index (χ0v) is 20.0. The van der Waals surface area contributed by atoms with E-state index in [2.05, 4.69) is 25.5 Å². The lowest BCUT2D eigenvalue weighted by atomic mass is 10.2. The average Bonchev–Trinajstić information content (AvgIpc) is 3.53. The van der Waals surface area contributed by atoms with Crippen LogP contribution in [0.15, 0.2) is 67.0 Å². The Hall–Kier alpha value is -4.86. The molecule has 5 aromatic rings. The number of pyridine rings is 1. The lowest BCUT2D eigenvalue weighted by Crippen LogP contribution is -2.12. The van der Waals surface area contributed by atoms with Gasteiger partial charge in [0.15, 0.2) is 5.82 Å². The average molecular weight is 485 g/mol. The normalized spacial score (nSPS) is 10.9. The Labute approximate surface area is 206 Å². The highest BCUT2D eigenvalue weighted by Gasteiger charge is 2.15. The first-order valence-electron chi connectivity index (χ1n) is 11.2. The van der Waals surface area contributed by atoms with Crippen molar-refractivity contribution in [1.29, 1.82) is 0 Å². The van der Waals surface area contributed by atoms with Gasteiger partial charge in [-0.25, -0.2) is 4.98 Å². The van der Waals surface area contributed by atoms with Gasteiger partial charge in [-0.05, 0) is 55.0 Å². The number of carbonyl (C=O) groups is 1. The molecule has 1 amide bonds. The molecule has 182 valence electrons. The van der Waals surface area contributed by atoms with Crippen LogP contribution in [-0.2, 0) is 6.61 Å². The highest BCUT2D eigenvalue weighted by Crippen LogP contribution is 2.31. The number of fused-ring (bicyclic) bond motifs is 1. The Morgan fingerprint density at radius 3 is 2.56 bits per heavy atom. The van der Waals surface area contributed by atoms with Crippen molar-refractivity contribution in [2.75, 3.05) is 19.5 Å². The molecular formula is C26H24N6O4. The number of carbonyl (C=O) groups excluding carboxylic acids is 1. The predicted molar refractivity (Wildman–Crippen MR) is 134 cm³/mol. The molecule has 0 fully saturated rings. The van der Waals surface area contributed by atoms with E-state index in [1.807, 2.05) is 35.9 Å². The molecule has 0 bridgehead atoms. The number of aryl methyl sites for hydroxylation is 1. The fourth-order valence-corrected chi connectivity index (χ4v) is 3.69. The lowest BCUT2D eigenvalue weighted by Gasteiger charge is -2.08. The number of ether oxygens (including phenoxy) is 3. The Kier molecular flexibility index (Phi) is 6.23. The van der Waals surface area contributed by atoms with Crippen LogP contribution >= 0.6 is 0 Å². The topological polar surface area (TPSA) is 116 Å². The van der Waals surface area contributed by atoms with Crippen molar-refractivity contribution in [3.63, 3.8) is 0 Å².